The summed E-state index contributed by atoms with van der Waals surface area (Å²) >= 11 is 0. The summed E-state index contributed by atoms with van der Waals surface area (Å²) in [6.45, 7) is 6.27. The van der Waals surface area contributed by atoms with Gasteiger partial charge in [0, 0.05) is 18.3 Å². The van der Waals surface area contributed by atoms with E-state index in [0.717, 1.165) is 24.9 Å². The molecule has 1 aromatic carbocycles. The fraction of sp³-hybridized carbons (Fsp3) is 0.500. The molecule has 0 unspecified atom stereocenters. The first-order valence-electron chi connectivity index (χ1n) is 11.7. The van der Waals surface area contributed by atoms with Gasteiger partial charge in [0.05, 0.1) is 25.5 Å². The minimum absolute atomic E-state index is 0.0501. The van der Waals surface area contributed by atoms with Crippen LogP contribution in [0.2, 0.25) is 0 Å². The molecule has 0 radical (unpaired) electrons. The van der Waals surface area contributed by atoms with Gasteiger partial charge < -0.3 is 14.8 Å². The summed E-state index contributed by atoms with van der Waals surface area (Å²) in [6.07, 6.45) is 5.27. The number of methoxy groups -OCH3 is 2. The van der Waals surface area contributed by atoms with Gasteiger partial charge in [-0.3, -0.25) is 4.57 Å². The zero-order valence-electron chi connectivity index (χ0n) is 20.7. The summed E-state index contributed by atoms with van der Waals surface area (Å²) in [5, 5.41) is 11.5. The van der Waals surface area contributed by atoms with E-state index >= 15 is 0 Å². The van der Waals surface area contributed by atoms with Crippen LogP contribution in [0.25, 0.3) is 5.69 Å². The highest BCUT2D eigenvalue weighted by Crippen LogP contribution is 2.37. The van der Waals surface area contributed by atoms with Crippen LogP contribution in [0.4, 0.5) is 0 Å². The number of para-hydroxylation sites is 1. The Morgan fingerprint density at radius 2 is 1.77 bits per heavy atom. The van der Waals surface area contributed by atoms with Crippen LogP contribution in [-0.4, -0.2) is 59.2 Å². The average Bonchev–Trinajstić information content (AvgIpc) is 3.52. The second-order valence-electron chi connectivity index (χ2n) is 8.89. The predicted octanol–water partition coefficient (Wildman–Crippen LogP) is 2.91. The minimum Gasteiger partial charge on any atom is -0.494 e. The van der Waals surface area contributed by atoms with Gasteiger partial charge in [-0.2, -0.15) is 0 Å². The molecule has 1 aliphatic heterocycles. The van der Waals surface area contributed by atoms with E-state index in [-0.39, 0.29) is 11.8 Å². The van der Waals surface area contributed by atoms with E-state index < -0.39 is 21.0 Å². The largest absolute Gasteiger partial charge is 0.494 e. The van der Waals surface area contributed by atoms with Gasteiger partial charge in [0.2, 0.25) is 0 Å². The molecule has 0 spiro atoms. The Morgan fingerprint density at radius 3 is 2.34 bits per heavy atom. The molecule has 10 nitrogen and oxygen atoms in total. The zero-order chi connectivity index (χ0) is 25.2. The molecule has 3 heterocycles. The predicted molar refractivity (Wildman–Crippen MR) is 132 cm³/mol. The van der Waals surface area contributed by atoms with Gasteiger partial charge in [0.1, 0.15) is 28.8 Å². The Kier molecular flexibility index (Phi) is 7.36. The van der Waals surface area contributed by atoms with Crippen LogP contribution in [-0.2, 0) is 15.6 Å². The van der Waals surface area contributed by atoms with E-state index in [1.165, 1.54) is 0 Å². The maximum absolute atomic E-state index is 13.6. The molecule has 2 aromatic heterocycles. The molecule has 1 aliphatic rings. The van der Waals surface area contributed by atoms with E-state index in [4.69, 9.17) is 9.47 Å². The number of benzene rings is 1. The van der Waals surface area contributed by atoms with Crippen molar-refractivity contribution in [3.8, 4) is 17.2 Å². The summed E-state index contributed by atoms with van der Waals surface area (Å²) in [5.74, 6) is 1.82. The maximum Gasteiger partial charge on any atom is 0.160 e. The Morgan fingerprint density at radius 1 is 1.11 bits per heavy atom. The van der Waals surface area contributed by atoms with Crippen LogP contribution < -0.4 is 14.8 Å². The second-order valence-corrected chi connectivity index (χ2v) is 11.2. The van der Waals surface area contributed by atoms with Gasteiger partial charge in [0.15, 0.2) is 21.5 Å². The van der Waals surface area contributed by atoms with Crippen LogP contribution in [0.1, 0.15) is 61.7 Å². The number of aryl methyl sites for hydroxylation is 1. The molecule has 11 heteroatoms. The Labute approximate surface area is 206 Å². The topological polar surface area (TPSA) is 121 Å². The van der Waals surface area contributed by atoms with Crippen molar-refractivity contribution < 1.29 is 17.9 Å². The molecule has 3 aromatic rings. The fourth-order valence-electron chi connectivity index (χ4n) is 4.32. The summed E-state index contributed by atoms with van der Waals surface area (Å²) in [4.78, 5) is 8.67. The first-order valence-corrected chi connectivity index (χ1v) is 13.4. The van der Waals surface area contributed by atoms with E-state index in [2.05, 4.69) is 25.5 Å². The van der Waals surface area contributed by atoms with Crippen LogP contribution in [0, 0.1) is 6.92 Å². The lowest BCUT2D eigenvalue weighted by atomic mass is 10.1. The number of aromatic nitrogens is 5. The van der Waals surface area contributed by atoms with Crippen LogP contribution in [0.3, 0.4) is 0 Å². The van der Waals surface area contributed by atoms with Crippen molar-refractivity contribution in [2.24, 2.45) is 0 Å². The van der Waals surface area contributed by atoms with E-state index in [1.807, 2.05) is 19.9 Å². The molecule has 1 fully saturated rings. The van der Waals surface area contributed by atoms with E-state index in [9.17, 15) is 8.42 Å². The molecule has 35 heavy (non-hydrogen) atoms. The lowest BCUT2D eigenvalue weighted by Gasteiger charge is -2.21. The normalized spacial score (nSPS) is 17.8. The molecule has 188 valence electrons. The molecule has 4 rings (SSSR count). The maximum atomic E-state index is 13.6. The minimum atomic E-state index is -3.66. The van der Waals surface area contributed by atoms with Crippen LogP contribution in [0.15, 0.2) is 30.6 Å². The van der Waals surface area contributed by atoms with Gasteiger partial charge in [-0.05, 0) is 50.9 Å². The number of nitrogens with zero attached hydrogens (tertiary/aromatic N) is 5. The SMILES string of the molecule is COc1cccc(OC)c1-n1c(CS(=O)(=O)[C@@H](C)[C@H](C)c2ncc(C)cn2)nnc1[C@H]1CCCN1. The summed E-state index contributed by atoms with van der Waals surface area (Å²) in [7, 11) is -0.521. The number of sulfone groups is 1. The quantitative estimate of drug-likeness (QED) is 0.473. The summed E-state index contributed by atoms with van der Waals surface area (Å²) in [5.41, 5.74) is 1.50. The van der Waals surface area contributed by atoms with Crippen molar-refractivity contribution in [1.82, 2.24) is 30.0 Å². The highest BCUT2D eigenvalue weighted by Gasteiger charge is 2.34. The molecule has 0 aliphatic carbocycles. The Bertz CT molecular complexity index is 1250. The Hall–Kier alpha value is -3.05. The van der Waals surface area contributed by atoms with Gasteiger partial charge in [-0.1, -0.05) is 13.0 Å². The highest BCUT2D eigenvalue weighted by molar-refractivity contribution is 7.91. The van der Waals surface area contributed by atoms with Crippen molar-refractivity contribution in [3.63, 3.8) is 0 Å². The second kappa shape index (κ2) is 10.3. The van der Waals surface area contributed by atoms with Crippen molar-refractivity contribution in [3.05, 3.63) is 53.6 Å². The standard InChI is InChI=1S/C24H32N6O4S/c1-15-12-26-23(27-13-15)16(2)17(3)35(31,32)14-21-28-29-24(18-8-7-11-25-18)30(21)22-19(33-4)9-6-10-20(22)34-5/h6,9-10,12-13,16-18,25H,7-8,11,14H2,1-5H3/t16-,17-,18+/m0/s1. The lowest BCUT2D eigenvalue weighted by Crippen LogP contribution is -2.28. The molecular weight excluding hydrogens is 468 g/mol. The van der Waals surface area contributed by atoms with Crippen molar-refractivity contribution in [2.75, 3.05) is 20.8 Å². The third-order valence-corrected chi connectivity index (χ3v) is 8.76. The summed E-state index contributed by atoms with van der Waals surface area (Å²) in [6, 6.07) is 5.38. The third kappa shape index (κ3) is 5.01. The van der Waals surface area contributed by atoms with Gasteiger partial charge in [-0.25, -0.2) is 18.4 Å². The monoisotopic (exact) mass is 500 g/mol. The number of nitrogens with one attached hydrogen (secondary N) is 1. The van der Waals surface area contributed by atoms with Crippen molar-refractivity contribution in [2.45, 2.75) is 56.6 Å². The summed E-state index contributed by atoms with van der Waals surface area (Å²) < 4.78 is 40.2. The lowest BCUT2D eigenvalue weighted by molar-refractivity contribution is 0.389. The number of hydrogen-bond acceptors (Lipinski definition) is 9. The van der Waals surface area contributed by atoms with E-state index in [0.29, 0.717) is 34.7 Å². The van der Waals surface area contributed by atoms with E-state index in [1.54, 1.807) is 50.2 Å². The first kappa shape index (κ1) is 25.1. The highest BCUT2D eigenvalue weighted by atomic mass is 32.2. The van der Waals surface area contributed by atoms with Gasteiger partial charge in [0.25, 0.3) is 0 Å². The number of rotatable bonds is 9. The van der Waals surface area contributed by atoms with Crippen molar-refractivity contribution >= 4 is 9.84 Å². The van der Waals surface area contributed by atoms with Crippen LogP contribution >= 0.6 is 0 Å². The molecule has 3 atom stereocenters. The van der Waals surface area contributed by atoms with Gasteiger partial charge in [-0.15, -0.1) is 10.2 Å². The molecule has 0 amide bonds. The molecule has 1 N–H and O–H groups in total. The number of hydrogen-bond donors (Lipinski definition) is 1. The molecule has 1 saturated heterocycles. The third-order valence-electron chi connectivity index (χ3n) is 6.56. The van der Waals surface area contributed by atoms with Crippen molar-refractivity contribution in [1.29, 1.82) is 0 Å². The van der Waals surface area contributed by atoms with Gasteiger partial charge >= 0.3 is 0 Å². The number of ether oxygens (including phenoxy) is 2. The molecule has 0 bridgehead atoms. The zero-order valence-corrected chi connectivity index (χ0v) is 21.5. The molecular formula is C24H32N6O4S. The first-order chi connectivity index (χ1) is 16.8. The molecule has 0 saturated carbocycles. The van der Waals surface area contributed by atoms with Crippen LogP contribution in [0.5, 0.6) is 11.5 Å². The Balaban J connectivity index is 1.76. The average molecular weight is 501 g/mol. The smallest absolute Gasteiger partial charge is 0.160 e. The fourth-order valence-corrected chi connectivity index (χ4v) is 5.87.